The van der Waals surface area contributed by atoms with Gasteiger partial charge in [-0.1, -0.05) is 185 Å². The number of amides is 1. The molecule has 1 rings (SSSR count). The molecule has 9 nitrogen and oxygen atoms in total. The number of nitrogens with one attached hydrogen (secondary N) is 1. The lowest BCUT2D eigenvalue weighted by Crippen LogP contribution is -2.60. The van der Waals surface area contributed by atoms with E-state index in [9.17, 15) is 30.3 Å². The van der Waals surface area contributed by atoms with E-state index in [1.807, 2.05) is 6.08 Å². The molecule has 0 saturated carbocycles. The topological polar surface area (TPSA) is 149 Å². The highest BCUT2D eigenvalue weighted by molar-refractivity contribution is 5.76. The second-order valence-electron chi connectivity index (χ2n) is 16.9. The fraction of sp³-hybridized carbons (Fsp3) is 0.857. The first-order valence-electron chi connectivity index (χ1n) is 24.2. The Labute approximate surface area is 355 Å². The van der Waals surface area contributed by atoms with Crippen LogP contribution >= 0.6 is 0 Å². The first-order chi connectivity index (χ1) is 28.3. The van der Waals surface area contributed by atoms with Gasteiger partial charge in [0.05, 0.1) is 25.4 Å². The van der Waals surface area contributed by atoms with Crippen molar-refractivity contribution in [2.75, 3.05) is 13.2 Å². The van der Waals surface area contributed by atoms with Crippen molar-refractivity contribution in [2.24, 2.45) is 0 Å². The van der Waals surface area contributed by atoms with Crippen molar-refractivity contribution >= 4 is 5.91 Å². The van der Waals surface area contributed by atoms with E-state index in [1.165, 1.54) is 135 Å². The van der Waals surface area contributed by atoms with E-state index in [2.05, 4.69) is 43.5 Å². The summed E-state index contributed by atoms with van der Waals surface area (Å²) in [5.74, 6) is -0.195. The van der Waals surface area contributed by atoms with Crippen LogP contribution in [-0.2, 0) is 14.3 Å². The summed E-state index contributed by atoms with van der Waals surface area (Å²) in [7, 11) is 0. The molecule has 340 valence electrons. The molecule has 1 amide bonds. The molecule has 6 N–H and O–H groups in total. The number of carbonyl (C=O) groups excluding carboxylic acids is 1. The van der Waals surface area contributed by atoms with Gasteiger partial charge in [0.2, 0.25) is 5.91 Å². The van der Waals surface area contributed by atoms with Gasteiger partial charge in [-0.2, -0.15) is 0 Å². The Kier molecular flexibility index (Phi) is 37.1. The van der Waals surface area contributed by atoms with Crippen LogP contribution in [0.4, 0.5) is 0 Å². The second kappa shape index (κ2) is 39.5. The first-order valence-corrected chi connectivity index (χ1v) is 24.2. The van der Waals surface area contributed by atoms with Gasteiger partial charge in [0, 0.05) is 6.42 Å². The Bertz CT molecular complexity index is 1000. The maximum atomic E-state index is 13.0. The molecule has 7 atom stereocenters. The number of hydrogen-bond donors (Lipinski definition) is 6. The monoisotopic (exact) mass is 822 g/mol. The van der Waals surface area contributed by atoms with Gasteiger partial charge in [-0.3, -0.25) is 4.79 Å². The normalized spacial score (nSPS) is 21.1. The minimum atomic E-state index is -1.57. The number of aliphatic hydroxyl groups is 5. The van der Waals surface area contributed by atoms with Crippen LogP contribution in [0.1, 0.15) is 213 Å². The van der Waals surface area contributed by atoms with Gasteiger partial charge >= 0.3 is 0 Å². The third kappa shape index (κ3) is 29.6. The maximum Gasteiger partial charge on any atom is 0.220 e. The van der Waals surface area contributed by atoms with Gasteiger partial charge in [0.1, 0.15) is 24.4 Å². The molecular formula is C49H91NO8. The summed E-state index contributed by atoms with van der Waals surface area (Å²) in [5.41, 5.74) is 0. The standard InChI is InChI=1S/C49H91NO8/c1-3-5-7-9-11-13-15-17-19-20-21-22-23-25-26-28-30-32-34-36-38-43(52)42(41-57-49-48(56)47(55)46(54)44(40-51)58-49)50-45(53)39-37-35-33-31-29-27-24-18-16-14-12-10-8-6-4-2/h18,24,28,30,36,38,42-44,46-49,51-52,54-56H,3-17,19-23,25-27,29,31-35,37,39-41H2,1-2H3,(H,50,53)/b24-18-,30-28+,38-36+. The average Bonchev–Trinajstić information content (AvgIpc) is 3.22. The number of unbranched alkanes of at least 4 members (excludes halogenated alkanes) is 26. The van der Waals surface area contributed by atoms with Crippen molar-refractivity contribution in [1.82, 2.24) is 5.32 Å². The van der Waals surface area contributed by atoms with Crippen LogP contribution in [0, 0.1) is 0 Å². The highest BCUT2D eigenvalue weighted by atomic mass is 16.7. The van der Waals surface area contributed by atoms with E-state index in [-0.39, 0.29) is 12.5 Å². The Balaban J connectivity index is 2.36. The summed E-state index contributed by atoms with van der Waals surface area (Å²) in [5, 5.41) is 54.2. The SMILES string of the molecule is CCCCCCCC/C=C\CCCCCCCC(=O)NC(COC1OC(CO)C(O)C(O)C1O)C(O)/C=C/CC/C=C/CCCCCCCCCCCCCCCC. The van der Waals surface area contributed by atoms with E-state index in [1.54, 1.807) is 6.08 Å². The van der Waals surface area contributed by atoms with E-state index in [0.717, 1.165) is 57.8 Å². The van der Waals surface area contributed by atoms with E-state index >= 15 is 0 Å². The van der Waals surface area contributed by atoms with Crippen LogP contribution in [0.15, 0.2) is 36.5 Å². The molecule has 1 aliphatic heterocycles. The molecule has 1 aliphatic rings. The largest absolute Gasteiger partial charge is 0.394 e. The molecule has 0 aliphatic carbocycles. The Morgan fingerprint density at radius 3 is 1.45 bits per heavy atom. The molecule has 9 heteroatoms. The first kappa shape index (κ1) is 54.4. The minimum absolute atomic E-state index is 0.195. The van der Waals surface area contributed by atoms with E-state index in [0.29, 0.717) is 6.42 Å². The van der Waals surface area contributed by atoms with Gasteiger partial charge in [0.25, 0.3) is 0 Å². The number of rotatable bonds is 40. The molecule has 0 aromatic heterocycles. The summed E-state index contributed by atoms with van der Waals surface area (Å²) >= 11 is 0. The lowest BCUT2D eigenvalue weighted by atomic mass is 9.99. The Hall–Kier alpha value is -1.59. The number of aliphatic hydroxyl groups excluding tert-OH is 5. The summed E-state index contributed by atoms with van der Waals surface area (Å²) in [6.07, 6.45) is 41.9. The Morgan fingerprint density at radius 1 is 0.569 bits per heavy atom. The van der Waals surface area contributed by atoms with Crippen LogP contribution in [0.25, 0.3) is 0 Å². The number of hydrogen-bond acceptors (Lipinski definition) is 8. The predicted molar refractivity (Wildman–Crippen MR) is 240 cm³/mol. The summed E-state index contributed by atoms with van der Waals surface area (Å²) in [6, 6.07) is -0.824. The fourth-order valence-corrected chi connectivity index (χ4v) is 7.52. The lowest BCUT2D eigenvalue weighted by molar-refractivity contribution is -0.302. The van der Waals surface area contributed by atoms with Gasteiger partial charge in [-0.25, -0.2) is 0 Å². The molecule has 1 fully saturated rings. The van der Waals surface area contributed by atoms with Crippen LogP contribution in [0.3, 0.4) is 0 Å². The van der Waals surface area contributed by atoms with Gasteiger partial charge in [-0.05, 0) is 57.8 Å². The van der Waals surface area contributed by atoms with E-state index in [4.69, 9.17) is 9.47 Å². The van der Waals surface area contributed by atoms with Gasteiger partial charge in [-0.15, -0.1) is 0 Å². The minimum Gasteiger partial charge on any atom is -0.394 e. The molecule has 0 aromatic carbocycles. The van der Waals surface area contributed by atoms with Crippen molar-refractivity contribution in [3.8, 4) is 0 Å². The molecule has 58 heavy (non-hydrogen) atoms. The zero-order chi connectivity index (χ0) is 42.3. The van der Waals surface area contributed by atoms with Gasteiger partial charge < -0.3 is 40.3 Å². The van der Waals surface area contributed by atoms with Crippen molar-refractivity contribution in [1.29, 1.82) is 0 Å². The van der Waals surface area contributed by atoms with Crippen LogP contribution in [0.5, 0.6) is 0 Å². The van der Waals surface area contributed by atoms with Crippen molar-refractivity contribution in [3.63, 3.8) is 0 Å². The second-order valence-corrected chi connectivity index (χ2v) is 16.9. The van der Waals surface area contributed by atoms with Crippen LogP contribution < -0.4 is 5.32 Å². The third-order valence-corrected chi connectivity index (χ3v) is 11.4. The molecule has 1 saturated heterocycles. The zero-order valence-electron chi connectivity index (χ0n) is 37.3. The van der Waals surface area contributed by atoms with Crippen LogP contribution in [0.2, 0.25) is 0 Å². The van der Waals surface area contributed by atoms with Gasteiger partial charge in [0.15, 0.2) is 6.29 Å². The third-order valence-electron chi connectivity index (χ3n) is 11.4. The zero-order valence-corrected chi connectivity index (χ0v) is 37.3. The van der Waals surface area contributed by atoms with Crippen molar-refractivity contribution in [3.05, 3.63) is 36.5 Å². The fourth-order valence-electron chi connectivity index (χ4n) is 7.52. The summed E-state index contributed by atoms with van der Waals surface area (Å²) < 4.78 is 11.2. The molecule has 7 unspecified atom stereocenters. The smallest absolute Gasteiger partial charge is 0.220 e. The highest BCUT2D eigenvalue weighted by Crippen LogP contribution is 2.22. The van der Waals surface area contributed by atoms with Crippen LogP contribution in [-0.4, -0.2) is 87.5 Å². The van der Waals surface area contributed by atoms with E-state index < -0.39 is 49.5 Å². The van der Waals surface area contributed by atoms with Crippen molar-refractivity contribution in [2.45, 2.75) is 256 Å². The number of allylic oxidation sites excluding steroid dienone is 5. The molecular weight excluding hydrogens is 731 g/mol. The summed E-state index contributed by atoms with van der Waals surface area (Å²) in [4.78, 5) is 13.0. The predicted octanol–water partition coefficient (Wildman–Crippen LogP) is 10.5. The molecule has 0 bridgehead atoms. The number of ether oxygens (including phenoxy) is 2. The quantitative estimate of drug-likeness (QED) is 0.0264. The lowest BCUT2D eigenvalue weighted by Gasteiger charge is -2.40. The highest BCUT2D eigenvalue weighted by Gasteiger charge is 2.44. The van der Waals surface area contributed by atoms with Crippen molar-refractivity contribution < 1.29 is 39.8 Å². The molecule has 0 spiro atoms. The molecule has 0 aromatic rings. The Morgan fingerprint density at radius 2 is 0.983 bits per heavy atom. The summed E-state index contributed by atoms with van der Waals surface area (Å²) in [6.45, 7) is 3.75. The number of carbonyl (C=O) groups is 1. The molecule has 0 radical (unpaired) electrons. The molecule has 1 heterocycles. The maximum absolute atomic E-state index is 13.0. The average molecular weight is 822 g/mol.